The second-order valence-electron chi connectivity index (χ2n) is 6.07. The average molecular weight is 323 g/mol. The quantitative estimate of drug-likeness (QED) is 0.762. The van der Waals surface area contributed by atoms with Crippen molar-refractivity contribution in [2.45, 2.75) is 25.8 Å². The van der Waals surface area contributed by atoms with Crippen molar-refractivity contribution in [3.8, 4) is 10.6 Å². The van der Waals surface area contributed by atoms with Crippen molar-refractivity contribution in [3.63, 3.8) is 0 Å². The lowest BCUT2D eigenvalue weighted by atomic mass is 9.95. The van der Waals surface area contributed by atoms with Gasteiger partial charge in [-0.3, -0.25) is 9.89 Å². The third-order valence-corrected chi connectivity index (χ3v) is 5.17. The van der Waals surface area contributed by atoms with E-state index in [-0.39, 0.29) is 11.9 Å². The molecular weight excluding hydrogens is 306 g/mol. The maximum absolute atomic E-state index is 12.2. The Balaban J connectivity index is 1.79. The van der Waals surface area contributed by atoms with Crippen molar-refractivity contribution in [2.75, 3.05) is 0 Å². The summed E-state index contributed by atoms with van der Waals surface area (Å²) in [5, 5.41) is 12.3. The van der Waals surface area contributed by atoms with Crippen LogP contribution in [-0.2, 0) is 0 Å². The SMILES string of the molecule is CC(C)c1ccc([C@H]2NC(=O)c3n[nH]c(-c4cccs4)c32)cc1. The number of H-pyrrole nitrogens is 1. The van der Waals surface area contributed by atoms with Gasteiger partial charge in [0.1, 0.15) is 0 Å². The van der Waals surface area contributed by atoms with Crippen LogP contribution in [0, 0.1) is 0 Å². The van der Waals surface area contributed by atoms with Crippen LogP contribution in [0.25, 0.3) is 10.6 Å². The van der Waals surface area contributed by atoms with Crippen LogP contribution >= 0.6 is 11.3 Å². The molecule has 0 unspecified atom stereocenters. The lowest BCUT2D eigenvalue weighted by molar-refractivity contribution is 0.0955. The van der Waals surface area contributed by atoms with Gasteiger partial charge < -0.3 is 5.32 Å². The first-order chi connectivity index (χ1) is 11.1. The first kappa shape index (κ1) is 14.2. The van der Waals surface area contributed by atoms with Gasteiger partial charge in [-0.05, 0) is 28.5 Å². The normalized spacial score (nSPS) is 16.7. The Hall–Kier alpha value is -2.40. The lowest BCUT2D eigenvalue weighted by Crippen LogP contribution is -2.21. The molecule has 0 bridgehead atoms. The summed E-state index contributed by atoms with van der Waals surface area (Å²) >= 11 is 1.64. The maximum Gasteiger partial charge on any atom is 0.272 e. The molecule has 1 atom stereocenters. The standard InChI is InChI=1S/C18H17N3OS/c1-10(2)11-5-7-12(8-6-11)15-14-16(13-4-3-9-23-13)20-21-17(14)18(22)19-15/h3-10,15H,1-2H3,(H,19,22)(H,20,21)/t15-/m1/s1. The molecule has 116 valence electrons. The van der Waals surface area contributed by atoms with Crippen LogP contribution in [0.15, 0.2) is 41.8 Å². The van der Waals surface area contributed by atoms with Crippen LogP contribution in [0.2, 0.25) is 0 Å². The minimum Gasteiger partial charge on any atom is -0.340 e. The Labute approximate surface area is 138 Å². The summed E-state index contributed by atoms with van der Waals surface area (Å²) in [6, 6.07) is 12.4. The van der Waals surface area contributed by atoms with E-state index in [9.17, 15) is 4.79 Å². The topological polar surface area (TPSA) is 57.8 Å². The number of thiophene rings is 1. The second kappa shape index (κ2) is 5.35. The van der Waals surface area contributed by atoms with Crippen molar-refractivity contribution in [3.05, 3.63) is 64.2 Å². The summed E-state index contributed by atoms with van der Waals surface area (Å²) < 4.78 is 0. The number of benzene rings is 1. The molecule has 2 N–H and O–H groups in total. The molecule has 2 aromatic heterocycles. The number of amides is 1. The van der Waals surface area contributed by atoms with Crippen molar-refractivity contribution < 1.29 is 4.79 Å². The number of hydrogen-bond acceptors (Lipinski definition) is 3. The molecule has 1 aliphatic rings. The van der Waals surface area contributed by atoms with Crippen molar-refractivity contribution in [1.82, 2.24) is 15.5 Å². The van der Waals surface area contributed by atoms with Gasteiger partial charge in [0, 0.05) is 5.56 Å². The fraction of sp³-hybridized carbons (Fsp3) is 0.222. The van der Waals surface area contributed by atoms with Crippen LogP contribution < -0.4 is 5.32 Å². The van der Waals surface area contributed by atoms with Gasteiger partial charge in [0.05, 0.1) is 16.6 Å². The van der Waals surface area contributed by atoms with E-state index in [2.05, 4.69) is 53.6 Å². The molecule has 4 nitrogen and oxygen atoms in total. The Morgan fingerprint density at radius 1 is 1.17 bits per heavy atom. The number of carbonyl (C=O) groups is 1. The molecule has 3 aromatic rings. The highest BCUT2D eigenvalue weighted by molar-refractivity contribution is 7.13. The molecule has 0 saturated heterocycles. The predicted molar refractivity (Wildman–Crippen MR) is 91.7 cm³/mol. The summed E-state index contributed by atoms with van der Waals surface area (Å²) in [6.45, 7) is 4.35. The van der Waals surface area contributed by atoms with E-state index in [1.165, 1.54) is 5.56 Å². The summed E-state index contributed by atoms with van der Waals surface area (Å²) in [4.78, 5) is 13.3. The van der Waals surface area contributed by atoms with Crippen LogP contribution in [0.4, 0.5) is 0 Å². The van der Waals surface area contributed by atoms with Gasteiger partial charge in [0.25, 0.3) is 5.91 Å². The molecule has 1 aromatic carbocycles. The van der Waals surface area contributed by atoms with E-state index in [0.29, 0.717) is 11.6 Å². The molecule has 1 amide bonds. The van der Waals surface area contributed by atoms with Gasteiger partial charge in [-0.15, -0.1) is 11.3 Å². The number of nitrogens with zero attached hydrogens (tertiary/aromatic N) is 1. The summed E-state index contributed by atoms with van der Waals surface area (Å²) in [5.41, 5.74) is 4.78. The minimum atomic E-state index is -0.144. The number of nitrogens with one attached hydrogen (secondary N) is 2. The Kier molecular flexibility index (Phi) is 3.31. The molecule has 5 heteroatoms. The van der Waals surface area contributed by atoms with E-state index in [1.54, 1.807) is 11.3 Å². The zero-order valence-electron chi connectivity index (χ0n) is 13.0. The molecule has 3 heterocycles. The largest absolute Gasteiger partial charge is 0.340 e. The van der Waals surface area contributed by atoms with Crippen LogP contribution in [0.3, 0.4) is 0 Å². The van der Waals surface area contributed by atoms with Crippen molar-refractivity contribution >= 4 is 17.2 Å². The molecule has 0 radical (unpaired) electrons. The third-order valence-electron chi connectivity index (χ3n) is 4.29. The Morgan fingerprint density at radius 3 is 2.61 bits per heavy atom. The molecule has 0 aliphatic carbocycles. The molecule has 0 fully saturated rings. The monoisotopic (exact) mass is 323 g/mol. The van der Waals surface area contributed by atoms with Gasteiger partial charge in [0.2, 0.25) is 0 Å². The van der Waals surface area contributed by atoms with Gasteiger partial charge in [0.15, 0.2) is 5.69 Å². The number of fused-ring (bicyclic) bond motifs is 1. The van der Waals surface area contributed by atoms with Crippen LogP contribution in [0.1, 0.15) is 53.0 Å². The lowest BCUT2D eigenvalue weighted by Gasteiger charge is -2.14. The van der Waals surface area contributed by atoms with Gasteiger partial charge in [-0.2, -0.15) is 5.10 Å². The van der Waals surface area contributed by atoms with Crippen molar-refractivity contribution in [2.24, 2.45) is 0 Å². The fourth-order valence-electron chi connectivity index (χ4n) is 3.01. The predicted octanol–water partition coefficient (Wildman–Crippen LogP) is 4.09. The number of carbonyl (C=O) groups excluding carboxylic acids is 1. The summed E-state index contributed by atoms with van der Waals surface area (Å²) in [7, 11) is 0. The number of rotatable bonds is 3. The minimum absolute atomic E-state index is 0.114. The van der Waals surface area contributed by atoms with Gasteiger partial charge in [-0.1, -0.05) is 44.2 Å². The smallest absolute Gasteiger partial charge is 0.272 e. The molecule has 23 heavy (non-hydrogen) atoms. The van der Waals surface area contributed by atoms with E-state index >= 15 is 0 Å². The van der Waals surface area contributed by atoms with Gasteiger partial charge >= 0.3 is 0 Å². The van der Waals surface area contributed by atoms with Gasteiger partial charge in [-0.25, -0.2) is 0 Å². The Bertz CT molecular complexity index is 847. The van der Waals surface area contributed by atoms with Crippen LogP contribution in [0.5, 0.6) is 0 Å². The molecular formula is C18H17N3OS. The first-order valence-electron chi connectivity index (χ1n) is 7.68. The van der Waals surface area contributed by atoms with Crippen LogP contribution in [-0.4, -0.2) is 16.1 Å². The highest BCUT2D eigenvalue weighted by Crippen LogP contribution is 2.38. The number of aromatic nitrogens is 2. The van der Waals surface area contributed by atoms with E-state index in [0.717, 1.165) is 21.7 Å². The fourth-order valence-corrected chi connectivity index (χ4v) is 3.74. The van der Waals surface area contributed by atoms with Crippen molar-refractivity contribution in [1.29, 1.82) is 0 Å². The highest BCUT2D eigenvalue weighted by Gasteiger charge is 2.35. The van der Waals surface area contributed by atoms with E-state index < -0.39 is 0 Å². The van der Waals surface area contributed by atoms with E-state index in [1.807, 2.05) is 17.5 Å². The molecule has 0 saturated carbocycles. The zero-order valence-corrected chi connectivity index (χ0v) is 13.8. The third kappa shape index (κ3) is 2.28. The highest BCUT2D eigenvalue weighted by atomic mass is 32.1. The average Bonchev–Trinajstić information content (AvgIpc) is 3.25. The zero-order chi connectivity index (χ0) is 16.0. The molecule has 1 aliphatic heterocycles. The molecule has 0 spiro atoms. The Morgan fingerprint density at radius 2 is 1.96 bits per heavy atom. The second-order valence-corrected chi connectivity index (χ2v) is 7.01. The molecule has 4 rings (SSSR count). The number of aromatic amines is 1. The number of hydrogen-bond donors (Lipinski definition) is 2. The van der Waals surface area contributed by atoms with E-state index in [4.69, 9.17) is 0 Å². The first-order valence-corrected chi connectivity index (χ1v) is 8.56. The maximum atomic E-state index is 12.2. The summed E-state index contributed by atoms with van der Waals surface area (Å²) in [5.74, 6) is 0.380. The summed E-state index contributed by atoms with van der Waals surface area (Å²) in [6.07, 6.45) is 0.